The van der Waals surface area contributed by atoms with Gasteiger partial charge in [0, 0.05) is 11.8 Å². The Balaban J connectivity index is 1.54. The minimum Gasteiger partial charge on any atom is -0.348 e. The molecule has 1 heterocycles. The van der Waals surface area contributed by atoms with E-state index in [0.29, 0.717) is 17.2 Å². The number of anilines is 1. The van der Waals surface area contributed by atoms with Crippen LogP contribution in [-0.2, 0) is 11.3 Å². The molecule has 3 aromatic rings. The van der Waals surface area contributed by atoms with Gasteiger partial charge in [0.1, 0.15) is 12.4 Å². The molecule has 2 amide bonds. The predicted molar refractivity (Wildman–Crippen MR) is 114 cm³/mol. The van der Waals surface area contributed by atoms with E-state index in [4.69, 9.17) is 0 Å². The fourth-order valence-electron chi connectivity index (χ4n) is 3.01. The Morgan fingerprint density at radius 1 is 1.00 bits per heavy atom. The van der Waals surface area contributed by atoms with Crippen LogP contribution in [0.15, 0.2) is 60.9 Å². The molecule has 6 nitrogen and oxygen atoms in total. The summed E-state index contributed by atoms with van der Waals surface area (Å²) in [5.74, 6) is -0.510. The maximum absolute atomic E-state index is 13.0. The van der Waals surface area contributed by atoms with Gasteiger partial charge in [0.15, 0.2) is 0 Å². The fraction of sp³-hybridized carbons (Fsp3) is 0.261. The van der Waals surface area contributed by atoms with Gasteiger partial charge in [-0.15, -0.1) is 0 Å². The summed E-state index contributed by atoms with van der Waals surface area (Å²) in [4.78, 5) is 24.5. The van der Waals surface area contributed by atoms with E-state index in [1.807, 2.05) is 19.1 Å². The van der Waals surface area contributed by atoms with Gasteiger partial charge in [-0.3, -0.25) is 14.3 Å². The number of nitrogens with zero attached hydrogens (tertiary/aromatic N) is 2. The van der Waals surface area contributed by atoms with Gasteiger partial charge in [0.25, 0.3) is 5.91 Å². The highest BCUT2D eigenvalue weighted by Gasteiger charge is 2.12. The van der Waals surface area contributed by atoms with E-state index in [0.717, 1.165) is 5.56 Å². The largest absolute Gasteiger partial charge is 0.348 e. The summed E-state index contributed by atoms with van der Waals surface area (Å²) in [6.07, 6.45) is 3.03. The molecule has 2 N–H and O–H groups in total. The molecule has 30 heavy (non-hydrogen) atoms. The predicted octanol–water partition coefficient (Wildman–Crippen LogP) is 4.28. The van der Waals surface area contributed by atoms with Crippen LogP contribution in [0.3, 0.4) is 0 Å². The molecule has 0 aliphatic heterocycles. The number of amides is 2. The zero-order valence-electron chi connectivity index (χ0n) is 17.2. The number of carbonyl (C=O) groups is 2. The zero-order valence-corrected chi connectivity index (χ0v) is 17.2. The molecule has 0 saturated heterocycles. The first-order valence-electron chi connectivity index (χ1n) is 9.80. The van der Waals surface area contributed by atoms with E-state index < -0.39 is 5.82 Å². The van der Waals surface area contributed by atoms with Crippen molar-refractivity contribution in [3.05, 3.63) is 83.4 Å². The summed E-state index contributed by atoms with van der Waals surface area (Å²) in [6, 6.07) is 13.3. The van der Waals surface area contributed by atoms with Crippen molar-refractivity contribution >= 4 is 17.5 Å². The number of nitrogens with one attached hydrogen (secondary N) is 2. The number of aromatic nitrogens is 2. The van der Waals surface area contributed by atoms with Crippen LogP contribution in [0.1, 0.15) is 54.2 Å². The van der Waals surface area contributed by atoms with E-state index in [1.54, 1.807) is 6.20 Å². The fourth-order valence-corrected chi connectivity index (χ4v) is 3.01. The second-order valence-electron chi connectivity index (χ2n) is 7.50. The van der Waals surface area contributed by atoms with Gasteiger partial charge in [-0.25, -0.2) is 4.39 Å². The highest BCUT2D eigenvalue weighted by atomic mass is 19.1. The molecule has 0 aliphatic carbocycles. The molecular formula is C23H25FN4O2. The molecule has 7 heteroatoms. The lowest BCUT2D eigenvalue weighted by Crippen LogP contribution is -2.30. The van der Waals surface area contributed by atoms with Gasteiger partial charge in [-0.1, -0.05) is 38.1 Å². The number of hydrogen-bond donors (Lipinski definition) is 2. The van der Waals surface area contributed by atoms with E-state index in [-0.39, 0.29) is 24.4 Å². The van der Waals surface area contributed by atoms with E-state index in [9.17, 15) is 14.0 Å². The van der Waals surface area contributed by atoms with Gasteiger partial charge in [0.05, 0.1) is 17.9 Å². The number of halogens is 1. The summed E-state index contributed by atoms with van der Waals surface area (Å²) in [5, 5.41) is 9.74. The number of rotatable bonds is 7. The molecule has 0 aliphatic rings. The van der Waals surface area contributed by atoms with E-state index in [2.05, 4.69) is 41.7 Å². The van der Waals surface area contributed by atoms with Crippen molar-refractivity contribution in [2.45, 2.75) is 39.3 Å². The molecule has 0 spiro atoms. The standard InChI is InChI=1S/C23H25FN4O2/c1-15(2)17-4-6-18(7-5-17)16(3)26-22(29)14-28-13-21(12-25-28)27-23(30)19-8-10-20(24)11-9-19/h4-13,15-16H,14H2,1-3H3,(H,26,29)(H,27,30). The van der Waals surface area contributed by atoms with Crippen LogP contribution in [0.2, 0.25) is 0 Å². The minimum atomic E-state index is -0.407. The average Bonchev–Trinajstić information content (AvgIpc) is 3.14. The molecule has 1 aromatic heterocycles. The van der Waals surface area contributed by atoms with Crippen molar-refractivity contribution in [3.63, 3.8) is 0 Å². The van der Waals surface area contributed by atoms with Crippen molar-refractivity contribution in [1.82, 2.24) is 15.1 Å². The molecule has 0 saturated carbocycles. The lowest BCUT2D eigenvalue weighted by Gasteiger charge is -2.15. The van der Waals surface area contributed by atoms with Crippen LogP contribution in [-0.4, -0.2) is 21.6 Å². The van der Waals surface area contributed by atoms with Crippen LogP contribution >= 0.6 is 0 Å². The third-order valence-corrected chi connectivity index (χ3v) is 4.78. The first-order valence-corrected chi connectivity index (χ1v) is 9.80. The Kier molecular flexibility index (Phi) is 6.61. The Morgan fingerprint density at radius 3 is 2.27 bits per heavy atom. The second-order valence-corrected chi connectivity index (χ2v) is 7.50. The molecule has 2 aromatic carbocycles. The summed E-state index contributed by atoms with van der Waals surface area (Å²) in [7, 11) is 0. The summed E-state index contributed by atoms with van der Waals surface area (Å²) >= 11 is 0. The molecular weight excluding hydrogens is 383 g/mol. The minimum absolute atomic E-state index is 0.0286. The average molecular weight is 408 g/mol. The third-order valence-electron chi connectivity index (χ3n) is 4.78. The SMILES string of the molecule is CC(C)c1ccc(C(C)NC(=O)Cn2cc(NC(=O)c3ccc(F)cc3)cn2)cc1. The molecule has 0 radical (unpaired) electrons. The quantitative estimate of drug-likeness (QED) is 0.613. The molecule has 156 valence electrons. The molecule has 0 bridgehead atoms. The van der Waals surface area contributed by atoms with Gasteiger partial charge < -0.3 is 10.6 Å². The monoisotopic (exact) mass is 408 g/mol. The topological polar surface area (TPSA) is 76.0 Å². The third kappa shape index (κ3) is 5.53. The summed E-state index contributed by atoms with van der Waals surface area (Å²) < 4.78 is 14.4. The lowest BCUT2D eigenvalue weighted by atomic mass is 9.99. The van der Waals surface area contributed by atoms with E-state index >= 15 is 0 Å². The van der Waals surface area contributed by atoms with E-state index in [1.165, 1.54) is 40.7 Å². The molecule has 0 fully saturated rings. The van der Waals surface area contributed by atoms with Crippen LogP contribution in [0.25, 0.3) is 0 Å². The maximum Gasteiger partial charge on any atom is 0.255 e. The summed E-state index contributed by atoms with van der Waals surface area (Å²) in [6.45, 7) is 6.24. The van der Waals surface area contributed by atoms with Crippen LogP contribution in [0, 0.1) is 5.82 Å². The smallest absolute Gasteiger partial charge is 0.255 e. The first kappa shape index (κ1) is 21.2. The number of benzene rings is 2. The highest BCUT2D eigenvalue weighted by molar-refractivity contribution is 6.04. The van der Waals surface area contributed by atoms with Gasteiger partial charge in [0.2, 0.25) is 5.91 Å². The van der Waals surface area contributed by atoms with Crippen molar-refractivity contribution in [1.29, 1.82) is 0 Å². The Hall–Kier alpha value is -3.48. The zero-order chi connectivity index (χ0) is 21.7. The number of carbonyl (C=O) groups excluding carboxylic acids is 2. The molecule has 1 unspecified atom stereocenters. The maximum atomic E-state index is 13.0. The molecule has 3 rings (SSSR count). The lowest BCUT2D eigenvalue weighted by molar-refractivity contribution is -0.122. The van der Waals surface area contributed by atoms with Crippen LogP contribution in [0.4, 0.5) is 10.1 Å². The van der Waals surface area contributed by atoms with Crippen molar-refractivity contribution in [2.75, 3.05) is 5.32 Å². The Labute approximate surface area is 175 Å². The van der Waals surface area contributed by atoms with Crippen LogP contribution in [0.5, 0.6) is 0 Å². The number of hydrogen-bond acceptors (Lipinski definition) is 3. The highest BCUT2D eigenvalue weighted by Crippen LogP contribution is 2.18. The van der Waals surface area contributed by atoms with Gasteiger partial charge in [-0.2, -0.15) is 5.10 Å². The van der Waals surface area contributed by atoms with Crippen molar-refractivity contribution in [2.24, 2.45) is 0 Å². The second kappa shape index (κ2) is 9.35. The normalized spacial score (nSPS) is 11.9. The van der Waals surface area contributed by atoms with Gasteiger partial charge >= 0.3 is 0 Å². The van der Waals surface area contributed by atoms with Gasteiger partial charge in [-0.05, 0) is 48.2 Å². The first-order chi connectivity index (χ1) is 14.3. The summed E-state index contributed by atoms with van der Waals surface area (Å²) in [5.41, 5.74) is 3.07. The van der Waals surface area contributed by atoms with Crippen molar-refractivity contribution < 1.29 is 14.0 Å². The Bertz CT molecular complexity index is 1010. The Morgan fingerprint density at radius 2 is 1.63 bits per heavy atom. The van der Waals surface area contributed by atoms with Crippen LogP contribution < -0.4 is 10.6 Å². The van der Waals surface area contributed by atoms with Crippen molar-refractivity contribution in [3.8, 4) is 0 Å². The molecule has 1 atom stereocenters.